The number of halogens is 3. The first-order chi connectivity index (χ1) is 13.5. The van der Waals surface area contributed by atoms with E-state index in [1.807, 2.05) is 12.1 Å². The topological polar surface area (TPSA) is 49.4 Å². The first kappa shape index (κ1) is 23.0. The van der Waals surface area contributed by atoms with E-state index in [0.717, 1.165) is 24.1 Å². The lowest BCUT2D eigenvalue weighted by atomic mass is 9.99. The number of carbonyl (C=O) groups is 2. The fourth-order valence-electron chi connectivity index (χ4n) is 3.49. The van der Waals surface area contributed by atoms with Crippen molar-refractivity contribution in [2.75, 3.05) is 19.6 Å². The van der Waals surface area contributed by atoms with Crippen LogP contribution in [0.5, 0.6) is 0 Å². The third-order valence-corrected chi connectivity index (χ3v) is 5.13. The van der Waals surface area contributed by atoms with Gasteiger partial charge in [0.2, 0.25) is 5.91 Å². The smallest absolute Gasteiger partial charge is 0.223 e. The second kappa shape index (κ2) is 10.5. The summed E-state index contributed by atoms with van der Waals surface area (Å²) in [6.45, 7) is 3.99. The van der Waals surface area contributed by atoms with Crippen LogP contribution in [0.2, 0.25) is 0 Å². The van der Waals surface area contributed by atoms with Crippen molar-refractivity contribution in [3.63, 3.8) is 0 Å². The average Bonchev–Trinajstić information content (AvgIpc) is 2.72. The molecule has 0 spiro atoms. The third kappa shape index (κ3) is 5.61. The summed E-state index contributed by atoms with van der Waals surface area (Å²) in [4.78, 5) is 26.8. The van der Waals surface area contributed by atoms with Crippen LogP contribution in [0, 0.1) is 11.6 Å². The molecule has 1 fully saturated rings. The molecule has 4 nitrogen and oxygen atoms in total. The van der Waals surface area contributed by atoms with Crippen molar-refractivity contribution in [1.82, 2.24) is 10.2 Å². The lowest BCUT2D eigenvalue weighted by Gasteiger charge is -2.36. The van der Waals surface area contributed by atoms with Crippen LogP contribution in [0.4, 0.5) is 8.78 Å². The first-order valence-corrected chi connectivity index (χ1v) is 9.57. The number of aryl methyl sites for hydroxylation is 1. The number of carbonyl (C=O) groups excluding carboxylic acids is 2. The van der Waals surface area contributed by atoms with Crippen LogP contribution >= 0.6 is 12.4 Å². The molecule has 1 unspecified atom stereocenters. The van der Waals surface area contributed by atoms with Crippen LogP contribution in [0.25, 0.3) is 0 Å². The molecule has 0 bridgehead atoms. The van der Waals surface area contributed by atoms with Crippen molar-refractivity contribution in [3.05, 3.63) is 70.8 Å². The Balaban J connectivity index is 0.00000300. The SMILES string of the molecule is CCc1ccc(C2CNCCN2C(=O)CCC(=O)c2ccc(F)cc2F)cc1.Cl. The highest BCUT2D eigenvalue weighted by atomic mass is 35.5. The van der Waals surface area contributed by atoms with Crippen molar-refractivity contribution >= 4 is 24.1 Å². The predicted octanol–water partition coefficient (Wildman–Crippen LogP) is 4.09. The molecule has 2 aromatic carbocycles. The molecular weight excluding hydrogens is 398 g/mol. The van der Waals surface area contributed by atoms with Gasteiger partial charge in [-0.15, -0.1) is 12.4 Å². The number of hydrogen-bond acceptors (Lipinski definition) is 3. The number of amides is 1. The molecule has 1 amide bonds. The van der Waals surface area contributed by atoms with Gasteiger partial charge < -0.3 is 10.2 Å². The molecule has 0 radical (unpaired) electrons. The van der Waals surface area contributed by atoms with Gasteiger partial charge in [0.15, 0.2) is 5.78 Å². The Morgan fingerprint density at radius 2 is 1.83 bits per heavy atom. The summed E-state index contributed by atoms with van der Waals surface area (Å²) in [6, 6.07) is 11.0. The number of nitrogens with one attached hydrogen (secondary N) is 1. The molecule has 1 saturated heterocycles. The van der Waals surface area contributed by atoms with E-state index in [1.165, 1.54) is 5.56 Å². The second-order valence-electron chi connectivity index (χ2n) is 6.95. The molecule has 29 heavy (non-hydrogen) atoms. The molecule has 0 aromatic heterocycles. The lowest BCUT2D eigenvalue weighted by molar-refractivity contribution is -0.134. The molecule has 0 saturated carbocycles. The quantitative estimate of drug-likeness (QED) is 0.713. The fraction of sp³-hybridized carbons (Fsp3) is 0.364. The van der Waals surface area contributed by atoms with Crippen LogP contribution in [-0.2, 0) is 11.2 Å². The van der Waals surface area contributed by atoms with Crippen LogP contribution in [-0.4, -0.2) is 36.2 Å². The van der Waals surface area contributed by atoms with Crippen LogP contribution in [0.1, 0.15) is 47.3 Å². The molecule has 3 rings (SSSR count). The number of ketones is 1. The fourth-order valence-corrected chi connectivity index (χ4v) is 3.49. The van der Waals surface area contributed by atoms with Gasteiger partial charge in [-0.25, -0.2) is 8.78 Å². The first-order valence-electron chi connectivity index (χ1n) is 9.57. The highest BCUT2D eigenvalue weighted by Crippen LogP contribution is 2.24. The number of piperazine rings is 1. The maximum absolute atomic E-state index is 13.8. The standard InChI is InChI=1S/C22H24F2N2O2.ClH/c1-2-15-3-5-16(6-4-15)20-14-25-11-12-26(20)22(28)10-9-21(27)18-8-7-17(23)13-19(18)24;/h3-8,13,20,25H,2,9-12,14H2,1H3;1H. The Morgan fingerprint density at radius 3 is 2.48 bits per heavy atom. The van der Waals surface area contributed by atoms with Crippen molar-refractivity contribution < 1.29 is 18.4 Å². The van der Waals surface area contributed by atoms with Gasteiger partial charge in [0.1, 0.15) is 11.6 Å². The van der Waals surface area contributed by atoms with E-state index >= 15 is 0 Å². The Hall–Kier alpha value is -2.31. The van der Waals surface area contributed by atoms with E-state index < -0.39 is 17.4 Å². The molecule has 1 heterocycles. The van der Waals surface area contributed by atoms with Gasteiger partial charge in [0, 0.05) is 38.5 Å². The minimum Gasteiger partial charge on any atom is -0.333 e. The van der Waals surface area contributed by atoms with E-state index in [9.17, 15) is 18.4 Å². The van der Waals surface area contributed by atoms with Crippen molar-refractivity contribution in [2.45, 2.75) is 32.2 Å². The number of Topliss-reactive ketones (excluding diaryl/α,β-unsaturated/α-hetero) is 1. The molecular formula is C22H25ClF2N2O2. The zero-order chi connectivity index (χ0) is 20.1. The maximum Gasteiger partial charge on any atom is 0.223 e. The van der Waals surface area contributed by atoms with Gasteiger partial charge in [-0.05, 0) is 29.7 Å². The monoisotopic (exact) mass is 422 g/mol. The number of nitrogens with zero attached hydrogens (tertiary/aromatic N) is 1. The largest absolute Gasteiger partial charge is 0.333 e. The molecule has 1 aliphatic heterocycles. The van der Waals surface area contributed by atoms with Crippen molar-refractivity contribution in [2.24, 2.45) is 0 Å². The van der Waals surface area contributed by atoms with E-state index in [2.05, 4.69) is 24.4 Å². The maximum atomic E-state index is 13.8. The predicted molar refractivity (Wildman–Crippen MR) is 110 cm³/mol. The Kier molecular flexibility index (Phi) is 8.29. The summed E-state index contributed by atoms with van der Waals surface area (Å²) in [7, 11) is 0. The van der Waals surface area contributed by atoms with Gasteiger partial charge in [0.25, 0.3) is 0 Å². The lowest BCUT2D eigenvalue weighted by Crippen LogP contribution is -2.48. The highest BCUT2D eigenvalue weighted by Gasteiger charge is 2.28. The summed E-state index contributed by atoms with van der Waals surface area (Å²) in [5.74, 6) is -2.26. The van der Waals surface area contributed by atoms with Gasteiger partial charge in [0.05, 0.1) is 11.6 Å². The minimum absolute atomic E-state index is 0. The number of rotatable bonds is 6. The molecule has 0 aliphatic carbocycles. The summed E-state index contributed by atoms with van der Waals surface area (Å²) in [5.41, 5.74) is 2.10. The zero-order valence-corrected chi connectivity index (χ0v) is 17.1. The van der Waals surface area contributed by atoms with Crippen LogP contribution < -0.4 is 5.32 Å². The summed E-state index contributed by atoms with van der Waals surface area (Å²) >= 11 is 0. The summed E-state index contributed by atoms with van der Waals surface area (Å²) < 4.78 is 26.8. The van der Waals surface area contributed by atoms with Crippen LogP contribution in [0.3, 0.4) is 0 Å². The molecule has 1 atom stereocenters. The van der Waals surface area contributed by atoms with E-state index in [-0.39, 0.29) is 42.8 Å². The van der Waals surface area contributed by atoms with E-state index in [1.54, 1.807) is 4.90 Å². The van der Waals surface area contributed by atoms with Crippen molar-refractivity contribution in [1.29, 1.82) is 0 Å². The van der Waals surface area contributed by atoms with E-state index in [4.69, 9.17) is 0 Å². The molecule has 156 valence electrons. The number of hydrogen-bond donors (Lipinski definition) is 1. The second-order valence-corrected chi connectivity index (χ2v) is 6.95. The van der Waals surface area contributed by atoms with Gasteiger partial charge in [-0.2, -0.15) is 0 Å². The van der Waals surface area contributed by atoms with Crippen LogP contribution in [0.15, 0.2) is 42.5 Å². The van der Waals surface area contributed by atoms with Crippen molar-refractivity contribution in [3.8, 4) is 0 Å². The summed E-state index contributed by atoms with van der Waals surface area (Å²) in [5, 5.41) is 3.30. The Bertz CT molecular complexity index is 858. The number of benzene rings is 2. The summed E-state index contributed by atoms with van der Waals surface area (Å²) in [6.07, 6.45) is 0.847. The van der Waals surface area contributed by atoms with E-state index in [0.29, 0.717) is 25.7 Å². The zero-order valence-electron chi connectivity index (χ0n) is 16.3. The molecule has 7 heteroatoms. The minimum atomic E-state index is -0.895. The normalized spacial score (nSPS) is 16.2. The third-order valence-electron chi connectivity index (χ3n) is 5.13. The molecule has 1 aliphatic rings. The Labute approximate surface area is 175 Å². The van der Waals surface area contributed by atoms with Gasteiger partial charge in [-0.1, -0.05) is 31.2 Å². The molecule has 1 N–H and O–H groups in total. The van der Waals surface area contributed by atoms with Gasteiger partial charge >= 0.3 is 0 Å². The van der Waals surface area contributed by atoms with Gasteiger partial charge in [-0.3, -0.25) is 9.59 Å². The highest BCUT2D eigenvalue weighted by molar-refractivity contribution is 5.98. The average molecular weight is 423 g/mol. The Morgan fingerprint density at radius 1 is 1.10 bits per heavy atom. The molecule has 2 aromatic rings.